The van der Waals surface area contributed by atoms with E-state index in [0.29, 0.717) is 25.2 Å². The summed E-state index contributed by atoms with van der Waals surface area (Å²) in [4.78, 5) is 30.9. The lowest BCUT2D eigenvalue weighted by molar-refractivity contribution is -0.132. The average Bonchev–Trinajstić information content (AvgIpc) is 2.88. The van der Waals surface area contributed by atoms with Crippen LogP contribution in [0.5, 0.6) is 0 Å². The summed E-state index contributed by atoms with van der Waals surface area (Å²) in [7, 11) is 0. The molecular formula is C19H31ClN4O2. The fourth-order valence-electron chi connectivity index (χ4n) is 3.17. The number of nitrogens with two attached hydrogens (primary N) is 1. The average molecular weight is 383 g/mol. The minimum atomic E-state index is 0. The first-order chi connectivity index (χ1) is 12.1. The fraction of sp³-hybridized carbons (Fsp3) is 0.579. The van der Waals surface area contributed by atoms with Crippen molar-refractivity contribution in [2.24, 2.45) is 5.73 Å². The first-order valence-electron chi connectivity index (χ1n) is 9.17. The second kappa shape index (κ2) is 11.2. The molecule has 0 aromatic heterocycles. The summed E-state index contributed by atoms with van der Waals surface area (Å²) >= 11 is 0. The van der Waals surface area contributed by atoms with E-state index >= 15 is 0 Å². The van der Waals surface area contributed by atoms with E-state index in [1.54, 1.807) is 0 Å². The molecule has 1 fully saturated rings. The molecule has 7 heteroatoms. The molecule has 0 saturated carbocycles. The summed E-state index contributed by atoms with van der Waals surface area (Å²) in [5.74, 6) is 0.225. The Morgan fingerprint density at radius 2 is 1.69 bits per heavy atom. The third-order valence-corrected chi connectivity index (χ3v) is 4.79. The van der Waals surface area contributed by atoms with E-state index < -0.39 is 0 Å². The number of amides is 2. The summed E-state index contributed by atoms with van der Waals surface area (Å²) in [6.45, 7) is 9.38. The zero-order valence-electron chi connectivity index (χ0n) is 15.8. The molecule has 1 aromatic rings. The number of halogens is 1. The van der Waals surface area contributed by atoms with Gasteiger partial charge < -0.3 is 15.5 Å². The largest absolute Gasteiger partial charge is 0.342 e. The molecule has 0 spiro atoms. The number of hydrogen-bond acceptors (Lipinski definition) is 4. The lowest BCUT2D eigenvalue weighted by atomic mass is 10.1. The second-order valence-corrected chi connectivity index (χ2v) is 6.39. The highest BCUT2D eigenvalue weighted by atomic mass is 35.5. The van der Waals surface area contributed by atoms with Crippen LogP contribution in [0, 0.1) is 0 Å². The zero-order valence-corrected chi connectivity index (χ0v) is 16.6. The Kier molecular flexibility index (Phi) is 9.62. The van der Waals surface area contributed by atoms with Crippen LogP contribution < -0.4 is 5.73 Å². The van der Waals surface area contributed by atoms with Crippen molar-refractivity contribution < 1.29 is 9.59 Å². The fourth-order valence-corrected chi connectivity index (χ4v) is 3.17. The quantitative estimate of drug-likeness (QED) is 0.811. The molecule has 1 aliphatic rings. The molecule has 1 heterocycles. The van der Waals surface area contributed by atoms with E-state index in [4.69, 9.17) is 5.73 Å². The van der Waals surface area contributed by atoms with Gasteiger partial charge in [0, 0.05) is 51.4 Å². The van der Waals surface area contributed by atoms with Crippen LogP contribution in [-0.4, -0.2) is 72.3 Å². The first-order valence-corrected chi connectivity index (χ1v) is 9.17. The van der Waals surface area contributed by atoms with Gasteiger partial charge in [0.1, 0.15) is 0 Å². The van der Waals surface area contributed by atoms with Gasteiger partial charge in [-0.2, -0.15) is 0 Å². The topological polar surface area (TPSA) is 69.9 Å². The molecule has 2 rings (SSSR count). The van der Waals surface area contributed by atoms with Crippen molar-refractivity contribution in [3.05, 3.63) is 35.4 Å². The molecule has 1 aromatic carbocycles. The van der Waals surface area contributed by atoms with Gasteiger partial charge in [0.2, 0.25) is 5.91 Å². The Labute approximate surface area is 162 Å². The molecule has 1 aliphatic heterocycles. The number of nitrogens with zero attached hydrogens (tertiary/aromatic N) is 3. The smallest absolute Gasteiger partial charge is 0.253 e. The number of rotatable bonds is 6. The first kappa shape index (κ1) is 22.4. The number of hydrogen-bond donors (Lipinski definition) is 1. The monoisotopic (exact) mass is 382 g/mol. The van der Waals surface area contributed by atoms with Gasteiger partial charge in [-0.15, -0.1) is 12.4 Å². The molecule has 2 amide bonds. The van der Waals surface area contributed by atoms with Crippen LogP contribution in [0.25, 0.3) is 0 Å². The summed E-state index contributed by atoms with van der Waals surface area (Å²) in [6.07, 6.45) is 0.887. The maximum atomic E-state index is 12.7. The molecule has 0 radical (unpaired) electrons. The zero-order chi connectivity index (χ0) is 18.2. The minimum absolute atomic E-state index is 0. The summed E-state index contributed by atoms with van der Waals surface area (Å²) in [6, 6.07) is 7.49. The summed E-state index contributed by atoms with van der Waals surface area (Å²) in [5, 5.41) is 0. The molecule has 1 saturated heterocycles. The van der Waals surface area contributed by atoms with Crippen molar-refractivity contribution in [3.63, 3.8) is 0 Å². The van der Waals surface area contributed by atoms with E-state index in [1.165, 1.54) is 0 Å². The molecule has 0 unspecified atom stereocenters. The molecular weight excluding hydrogens is 352 g/mol. The molecule has 26 heavy (non-hydrogen) atoms. The van der Waals surface area contributed by atoms with Gasteiger partial charge in [0.05, 0.1) is 6.54 Å². The number of carbonyl (C=O) groups excluding carboxylic acids is 2. The highest BCUT2D eigenvalue weighted by Crippen LogP contribution is 2.11. The summed E-state index contributed by atoms with van der Waals surface area (Å²) in [5.41, 5.74) is 7.32. The molecule has 0 bridgehead atoms. The summed E-state index contributed by atoms with van der Waals surface area (Å²) < 4.78 is 0. The van der Waals surface area contributed by atoms with Gasteiger partial charge >= 0.3 is 0 Å². The Morgan fingerprint density at radius 3 is 2.27 bits per heavy atom. The standard InChI is InChI=1S/C19H30N4O2.ClH/c1-3-22(4-2)18(24)15-21-10-5-11-23(13-12-21)19(25)17-8-6-16(14-20)7-9-17;/h6-9H,3-5,10-15,20H2,1-2H3;1H. The third-order valence-electron chi connectivity index (χ3n) is 4.79. The number of carbonyl (C=O) groups is 2. The molecule has 0 aliphatic carbocycles. The van der Waals surface area contributed by atoms with Gasteiger partial charge in [-0.1, -0.05) is 12.1 Å². The molecule has 2 N–H and O–H groups in total. The highest BCUT2D eigenvalue weighted by Gasteiger charge is 2.22. The third kappa shape index (κ3) is 5.97. The van der Waals surface area contributed by atoms with Gasteiger partial charge in [-0.3, -0.25) is 14.5 Å². The lowest BCUT2D eigenvalue weighted by Crippen LogP contribution is -2.42. The van der Waals surface area contributed by atoms with Crippen molar-refractivity contribution in [2.75, 3.05) is 45.8 Å². The van der Waals surface area contributed by atoms with Crippen LogP contribution in [0.15, 0.2) is 24.3 Å². The predicted molar refractivity (Wildman–Crippen MR) is 106 cm³/mol. The maximum Gasteiger partial charge on any atom is 0.253 e. The van der Waals surface area contributed by atoms with Gasteiger partial charge in [-0.25, -0.2) is 0 Å². The Morgan fingerprint density at radius 1 is 1.04 bits per heavy atom. The van der Waals surface area contributed by atoms with Crippen LogP contribution in [0.2, 0.25) is 0 Å². The molecule has 146 valence electrons. The molecule has 6 nitrogen and oxygen atoms in total. The van der Waals surface area contributed by atoms with Crippen LogP contribution >= 0.6 is 12.4 Å². The predicted octanol–water partition coefficient (Wildman–Crippen LogP) is 1.58. The van der Waals surface area contributed by atoms with E-state index in [9.17, 15) is 9.59 Å². The van der Waals surface area contributed by atoms with Gasteiger partial charge in [0.25, 0.3) is 5.91 Å². The maximum absolute atomic E-state index is 12.7. The Balaban J connectivity index is 0.00000338. The van der Waals surface area contributed by atoms with Gasteiger partial charge in [-0.05, 0) is 38.0 Å². The van der Waals surface area contributed by atoms with Crippen LogP contribution in [0.1, 0.15) is 36.2 Å². The van der Waals surface area contributed by atoms with Crippen LogP contribution in [0.3, 0.4) is 0 Å². The van der Waals surface area contributed by atoms with Crippen LogP contribution in [-0.2, 0) is 11.3 Å². The van der Waals surface area contributed by atoms with Gasteiger partial charge in [0.15, 0.2) is 0 Å². The van der Waals surface area contributed by atoms with Crippen molar-refractivity contribution in [1.29, 1.82) is 0 Å². The van der Waals surface area contributed by atoms with E-state index in [2.05, 4.69) is 4.90 Å². The van der Waals surface area contributed by atoms with Crippen LogP contribution in [0.4, 0.5) is 0 Å². The SMILES string of the molecule is CCN(CC)C(=O)CN1CCCN(C(=O)c2ccc(CN)cc2)CC1.Cl. The number of likely N-dealkylation sites (N-methyl/N-ethyl adjacent to an activating group) is 1. The van der Waals surface area contributed by atoms with E-state index in [-0.39, 0.29) is 24.2 Å². The highest BCUT2D eigenvalue weighted by molar-refractivity contribution is 5.94. The normalized spacial score (nSPS) is 15.1. The lowest BCUT2D eigenvalue weighted by Gasteiger charge is -2.25. The van der Waals surface area contributed by atoms with Crippen molar-refractivity contribution in [1.82, 2.24) is 14.7 Å². The molecule has 0 atom stereocenters. The Hall–Kier alpha value is -1.63. The van der Waals surface area contributed by atoms with E-state index in [0.717, 1.165) is 44.7 Å². The van der Waals surface area contributed by atoms with Crippen molar-refractivity contribution >= 4 is 24.2 Å². The Bertz CT molecular complexity index is 575. The van der Waals surface area contributed by atoms with Crippen molar-refractivity contribution in [3.8, 4) is 0 Å². The van der Waals surface area contributed by atoms with E-state index in [1.807, 2.05) is 47.9 Å². The van der Waals surface area contributed by atoms with Crippen molar-refractivity contribution in [2.45, 2.75) is 26.8 Å². The number of benzene rings is 1. The minimum Gasteiger partial charge on any atom is -0.342 e. The second-order valence-electron chi connectivity index (χ2n) is 6.39.